The van der Waals surface area contributed by atoms with E-state index in [0.29, 0.717) is 30.8 Å². The van der Waals surface area contributed by atoms with E-state index in [-0.39, 0.29) is 41.3 Å². The first-order valence-electron chi connectivity index (χ1n) is 12.7. The molecule has 3 aromatic carbocycles. The summed E-state index contributed by atoms with van der Waals surface area (Å²) in [6, 6.07) is 12.8. The number of aliphatic hydroxyl groups excluding tert-OH is 2. The van der Waals surface area contributed by atoms with Gasteiger partial charge in [-0.2, -0.15) is 0 Å². The number of aromatic hydroxyl groups is 2. The van der Waals surface area contributed by atoms with Crippen LogP contribution in [-0.4, -0.2) is 51.3 Å². The zero-order valence-corrected chi connectivity index (χ0v) is 22.4. The van der Waals surface area contributed by atoms with E-state index in [4.69, 9.17) is 4.74 Å². The first kappa shape index (κ1) is 26.2. The van der Waals surface area contributed by atoms with Gasteiger partial charge in [0, 0.05) is 29.4 Å². The minimum Gasteiger partial charge on any atom is -0.508 e. The van der Waals surface area contributed by atoms with Gasteiger partial charge in [-0.15, -0.1) is 0 Å². The second-order valence-electron chi connectivity index (χ2n) is 9.99. The molecular weight excluding hydrogens is 508 g/mol. The van der Waals surface area contributed by atoms with Crippen LogP contribution in [0, 0.1) is 5.92 Å². The Kier molecular flexibility index (Phi) is 7.91. The lowest BCUT2D eigenvalue weighted by atomic mass is 9.85. The Morgan fingerprint density at radius 1 is 1.00 bits per heavy atom. The van der Waals surface area contributed by atoms with Crippen LogP contribution in [0.1, 0.15) is 48.5 Å². The number of fused-ring (bicyclic) bond motifs is 9. The van der Waals surface area contributed by atoms with Crippen LogP contribution >= 0.6 is 21.6 Å². The van der Waals surface area contributed by atoms with E-state index >= 15 is 0 Å². The van der Waals surface area contributed by atoms with Crippen molar-refractivity contribution in [1.29, 1.82) is 0 Å². The smallest absolute Gasteiger partial charge is 0.168 e. The lowest BCUT2D eigenvalue weighted by Crippen LogP contribution is -2.28. The molecule has 0 aromatic heterocycles. The minimum absolute atomic E-state index is 0.0222. The molecule has 1 fully saturated rings. The summed E-state index contributed by atoms with van der Waals surface area (Å²) < 4.78 is 5.72. The van der Waals surface area contributed by atoms with Gasteiger partial charge in [-0.05, 0) is 77.3 Å². The summed E-state index contributed by atoms with van der Waals surface area (Å²) >= 11 is 0. The van der Waals surface area contributed by atoms with E-state index in [0.717, 1.165) is 39.4 Å². The van der Waals surface area contributed by atoms with Crippen molar-refractivity contribution in [2.45, 2.75) is 56.0 Å². The molecule has 0 radical (unpaired) electrons. The van der Waals surface area contributed by atoms with E-state index < -0.39 is 12.2 Å². The number of phenolic OH excluding ortho intramolecular Hbond substituents is 2. The zero-order chi connectivity index (χ0) is 26.1. The maximum atomic E-state index is 12.9. The lowest BCUT2D eigenvalue weighted by molar-refractivity contribution is -0.121. The van der Waals surface area contributed by atoms with Crippen LogP contribution in [0.25, 0.3) is 21.9 Å². The van der Waals surface area contributed by atoms with Gasteiger partial charge in [0.25, 0.3) is 0 Å². The monoisotopic (exact) mass is 540 g/mol. The predicted molar refractivity (Wildman–Crippen MR) is 149 cm³/mol. The van der Waals surface area contributed by atoms with Gasteiger partial charge in [-0.25, -0.2) is 0 Å². The summed E-state index contributed by atoms with van der Waals surface area (Å²) in [6.07, 6.45) is 1.23. The van der Waals surface area contributed by atoms with Crippen molar-refractivity contribution in [3.05, 3.63) is 53.6 Å². The number of hydrogen-bond donors (Lipinski definition) is 4. The molecule has 6 nitrogen and oxygen atoms in total. The third-order valence-corrected chi connectivity index (χ3v) is 10.4. The fraction of sp³-hybridized carbons (Fsp3) is 0.414. The van der Waals surface area contributed by atoms with Gasteiger partial charge in [-0.1, -0.05) is 45.9 Å². The molecule has 0 amide bonds. The summed E-state index contributed by atoms with van der Waals surface area (Å²) in [6.45, 7) is 0. The average Bonchev–Trinajstić information content (AvgIpc) is 2.97. The van der Waals surface area contributed by atoms with Crippen molar-refractivity contribution in [2.75, 3.05) is 12.9 Å². The summed E-state index contributed by atoms with van der Waals surface area (Å²) in [5, 5.41) is 44.7. The Bertz CT molecular complexity index is 1310. The van der Waals surface area contributed by atoms with Gasteiger partial charge in [0.05, 0.1) is 19.3 Å². The van der Waals surface area contributed by atoms with Crippen LogP contribution in [0.2, 0.25) is 0 Å². The highest BCUT2D eigenvalue weighted by molar-refractivity contribution is 8.76. The number of aryl methyl sites for hydroxylation is 1. The molecule has 5 rings (SSSR count). The number of carbonyl (C=O) groups excluding carboxylic acids is 1. The number of ether oxygens (including phenoxy) is 1. The van der Waals surface area contributed by atoms with Crippen molar-refractivity contribution in [3.8, 4) is 28.4 Å². The first-order valence-corrected chi connectivity index (χ1v) is 15.0. The summed E-state index contributed by atoms with van der Waals surface area (Å²) in [7, 11) is 4.82. The molecule has 8 heteroatoms. The molecule has 4 N–H and O–H groups in total. The Balaban J connectivity index is 1.80. The number of hydrogen-bond acceptors (Lipinski definition) is 8. The number of phenols is 2. The van der Waals surface area contributed by atoms with Crippen LogP contribution in [0.15, 0.2) is 42.5 Å². The Hall–Kier alpha value is -2.39. The summed E-state index contributed by atoms with van der Waals surface area (Å²) in [4.78, 5) is 12.9. The number of methoxy groups -OCH3 is 1. The highest BCUT2D eigenvalue weighted by Gasteiger charge is 2.31. The molecule has 196 valence electrons. The van der Waals surface area contributed by atoms with Crippen molar-refractivity contribution in [3.63, 3.8) is 0 Å². The third kappa shape index (κ3) is 5.43. The van der Waals surface area contributed by atoms with E-state index in [2.05, 4.69) is 0 Å². The number of Topliss-reactive ketones (excluding diaryl/α,β-unsaturated/α-hetero) is 1. The maximum absolute atomic E-state index is 12.9. The molecular formula is C29H32O6S2. The fourth-order valence-corrected chi connectivity index (χ4v) is 8.58. The zero-order valence-electron chi connectivity index (χ0n) is 20.7. The Labute approximate surface area is 224 Å². The molecule has 2 aliphatic rings. The van der Waals surface area contributed by atoms with Crippen LogP contribution in [-0.2, 0) is 11.2 Å². The number of rotatable bonds is 1. The maximum Gasteiger partial charge on any atom is 0.168 e. The van der Waals surface area contributed by atoms with Crippen molar-refractivity contribution >= 4 is 38.1 Å². The SMILES string of the molecule is COc1c(O)ccc2c1-c1ccc3ccc(O)cc3c1[C@H]1CC[C@@H](C[C@@H](O)CSS1)[C@@H](O)CC(=O)CC2. The molecule has 0 unspecified atom stereocenters. The van der Waals surface area contributed by atoms with Gasteiger partial charge in [-0.3, -0.25) is 4.79 Å². The molecule has 4 atom stereocenters. The van der Waals surface area contributed by atoms with Crippen molar-refractivity contribution in [1.82, 2.24) is 0 Å². The topological polar surface area (TPSA) is 107 Å². The van der Waals surface area contributed by atoms with E-state index in [1.165, 1.54) is 7.11 Å². The molecule has 1 aliphatic carbocycles. The predicted octanol–water partition coefficient (Wildman–Crippen LogP) is 5.78. The van der Waals surface area contributed by atoms with Crippen LogP contribution < -0.4 is 4.74 Å². The normalized spacial score (nSPS) is 25.0. The highest BCUT2D eigenvalue weighted by atomic mass is 33.1. The van der Waals surface area contributed by atoms with E-state index in [1.54, 1.807) is 39.8 Å². The van der Waals surface area contributed by atoms with Gasteiger partial charge >= 0.3 is 0 Å². The Morgan fingerprint density at radius 3 is 2.62 bits per heavy atom. The van der Waals surface area contributed by atoms with E-state index in [1.807, 2.05) is 24.3 Å². The molecule has 3 aromatic rings. The molecule has 1 saturated heterocycles. The van der Waals surface area contributed by atoms with Gasteiger partial charge < -0.3 is 25.2 Å². The molecule has 1 aliphatic heterocycles. The summed E-state index contributed by atoms with van der Waals surface area (Å²) in [5.74, 6) is 0.854. The third-order valence-electron chi connectivity index (χ3n) is 7.54. The second kappa shape index (κ2) is 11.2. The van der Waals surface area contributed by atoms with Gasteiger partial charge in [0.15, 0.2) is 11.5 Å². The van der Waals surface area contributed by atoms with Crippen molar-refractivity contribution in [2.24, 2.45) is 5.92 Å². The second-order valence-corrected chi connectivity index (χ2v) is 12.6. The quantitative estimate of drug-likeness (QED) is 0.288. The van der Waals surface area contributed by atoms with Crippen LogP contribution in [0.4, 0.5) is 0 Å². The average molecular weight is 541 g/mol. The van der Waals surface area contributed by atoms with Crippen molar-refractivity contribution < 1.29 is 30.0 Å². The summed E-state index contributed by atoms with van der Waals surface area (Å²) in [5.41, 5.74) is 3.54. The molecule has 1 heterocycles. The van der Waals surface area contributed by atoms with Gasteiger partial charge in [0.2, 0.25) is 0 Å². The number of benzene rings is 3. The number of carbonyl (C=O) groups is 1. The Morgan fingerprint density at radius 2 is 1.81 bits per heavy atom. The number of aliphatic hydroxyl groups is 2. The lowest BCUT2D eigenvalue weighted by Gasteiger charge is -2.26. The minimum atomic E-state index is -0.804. The first-order chi connectivity index (χ1) is 17.9. The molecule has 0 spiro atoms. The van der Waals surface area contributed by atoms with Gasteiger partial charge in [0.1, 0.15) is 11.5 Å². The largest absolute Gasteiger partial charge is 0.508 e. The molecule has 2 bridgehead atoms. The molecule has 0 saturated carbocycles. The standard InChI is InChI=1S/C29H32O6S2/c1-35-29-24(33)10-5-17-3-8-20(31)14-25(34)18-6-11-26(37-36-15-21(32)12-18)28-22(27(17)29)9-4-16-2-7-19(30)13-23(16)28/h2,4-5,7,9-10,13,18,21,25-26,30,32-34H,3,6,8,11-12,14-15H2,1H3/t18-,21+,25-,26+/m0/s1. The fourth-order valence-electron chi connectivity index (χ4n) is 5.69. The highest BCUT2D eigenvalue weighted by Crippen LogP contribution is 2.52. The number of ketones is 1. The van der Waals surface area contributed by atoms with Crippen LogP contribution in [0.3, 0.4) is 0 Å². The molecule has 37 heavy (non-hydrogen) atoms. The van der Waals surface area contributed by atoms with E-state index in [9.17, 15) is 25.2 Å². The van der Waals surface area contributed by atoms with Crippen LogP contribution in [0.5, 0.6) is 17.2 Å².